The molecule has 1 atom stereocenters. The highest BCUT2D eigenvalue weighted by Gasteiger charge is 2.12. The summed E-state index contributed by atoms with van der Waals surface area (Å²) in [4.78, 5) is 12.3. The van der Waals surface area contributed by atoms with Crippen molar-refractivity contribution in [2.75, 3.05) is 6.61 Å². The summed E-state index contributed by atoms with van der Waals surface area (Å²) in [5.41, 5.74) is 2.06. The zero-order valence-corrected chi connectivity index (χ0v) is 13.4. The van der Waals surface area contributed by atoms with Gasteiger partial charge in [-0.2, -0.15) is 0 Å². The average Bonchev–Trinajstić information content (AvgIpc) is 2.95. The molecule has 0 saturated carbocycles. The van der Waals surface area contributed by atoms with Gasteiger partial charge in [-0.25, -0.2) is 9.07 Å². The van der Waals surface area contributed by atoms with Crippen molar-refractivity contribution in [3.05, 3.63) is 53.8 Å². The smallest absolute Gasteiger partial charge is 0.251 e. The molecule has 0 aliphatic rings. The van der Waals surface area contributed by atoms with E-state index in [-0.39, 0.29) is 24.4 Å². The van der Waals surface area contributed by atoms with Crippen molar-refractivity contribution in [3.63, 3.8) is 0 Å². The van der Waals surface area contributed by atoms with Crippen LogP contribution in [0, 0.1) is 5.82 Å². The predicted octanol–water partition coefficient (Wildman–Crippen LogP) is 2.30. The lowest BCUT2D eigenvalue weighted by Crippen LogP contribution is -2.36. The zero-order chi connectivity index (χ0) is 17.1. The molecular weight excluding hydrogens is 311 g/mol. The minimum atomic E-state index is -0.316. The SMILES string of the molecule is C[C@@H](COc1ccc(F)cc1)NC(=O)c1ccc2nnn(C)c2c1. The molecule has 1 N–H and O–H groups in total. The highest BCUT2D eigenvalue weighted by molar-refractivity contribution is 5.97. The van der Waals surface area contributed by atoms with Crippen LogP contribution in [0.5, 0.6) is 5.75 Å². The van der Waals surface area contributed by atoms with Crippen molar-refractivity contribution in [2.24, 2.45) is 7.05 Å². The summed E-state index contributed by atoms with van der Waals surface area (Å²) in [6, 6.07) is 10.8. The van der Waals surface area contributed by atoms with Gasteiger partial charge in [-0.3, -0.25) is 4.79 Å². The van der Waals surface area contributed by atoms with Crippen LogP contribution in [-0.2, 0) is 7.05 Å². The van der Waals surface area contributed by atoms with Gasteiger partial charge in [-0.1, -0.05) is 5.21 Å². The van der Waals surface area contributed by atoms with E-state index in [1.54, 1.807) is 42.1 Å². The second kappa shape index (κ2) is 6.66. The number of rotatable bonds is 5. The normalized spacial score (nSPS) is 12.1. The average molecular weight is 328 g/mol. The van der Waals surface area contributed by atoms with Gasteiger partial charge in [0.15, 0.2) is 0 Å². The van der Waals surface area contributed by atoms with Crippen LogP contribution in [0.4, 0.5) is 4.39 Å². The van der Waals surface area contributed by atoms with Gasteiger partial charge in [0.1, 0.15) is 23.7 Å². The number of nitrogens with one attached hydrogen (secondary N) is 1. The molecule has 0 saturated heterocycles. The maximum Gasteiger partial charge on any atom is 0.251 e. The number of aromatic nitrogens is 3. The zero-order valence-electron chi connectivity index (χ0n) is 13.4. The molecule has 0 aliphatic heterocycles. The van der Waals surface area contributed by atoms with Gasteiger partial charge in [0.05, 0.1) is 11.6 Å². The number of hydrogen-bond acceptors (Lipinski definition) is 4. The lowest BCUT2D eigenvalue weighted by molar-refractivity contribution is 0.0927. The van der Waals surface area contributed by atoms with Crippen molar-refractivity contribution in [1.29, 1.82) is 0 Å². The Hall–Kier alpha value is -2.96. The Morgan fingerprint density at radius 1 is 1.29 bits per heavy atom. The quantitative estimate of drug-likeness (QED) is 0.780. The van der Waals surface area contributed by atoms with E-state index in [4.69, 9.17) is 4.74 Å². The van der Waals surface area contributed by atoms with Crippen LogP contribution in [0.3, 0.4) is 0 Å². The van der Waals surface area contributed by atoms with Gasteiger partial charge < -0.3 is 10.1 Å². The Morgan fingerprint density at radius 3 is 2.79 bits per heavy atom. The Kier molecular flexibility index (Phi) is 4.41. The summed E-state index contributed by atoms with van der Waals surface area (Å²) >= 11 is 0. The van der Waals surface area contributed by atoms with Crippen molar-refractivity contribution >= 4 is 16.9 Å². The first-order valence-corrected chi connectivity index (χ1v) is 7.51. The second-order valence-corrected chi connectivity index (χ2v) is 5.56. The fourth-order valence-corrected chi connectivity index (χ4v) is 2.27. The molecule has 0 aliphatic carbocycles. The predicted molar refractivity (Wildman–Crippen MR) is 87.3 cm³/mol. The van der Waals surface area contributed by atoms with E-state index in [0.717, 1.165) is 11.0 Å². The lowest BCUT2D eigenvalue weighted by Gasteiger charge is -2.15. The molecule has 0 fully saturated rings. The molecule has 1 aromatic heterocycles. The van der Waals surface area contributed by atoms with Crippen molar-refractivity contribution in [3.8, 4) is 5.75 Å². The van der Waals surface area contributed by atoms with Gasteiger partial charge in [-0.15, -0.1) is 5.10 Å². The monoisotopic (exact) mass is 328 g/mol. The van der Waals surface area contributed by atoms with E-state index in [1.165, 1.54) is 12.1 Å². The van der Waals surface area contributed by atoms with Gasteiger partial charge >= 0.3 is 0 Å². The van der Waals surface area contributed by atoms with Crippen molar-refractivity contribution in [1.82, 2.24) is 20.3 Å². The number of aryl methyl sites for hydroxylation is 1. The largest absolute Gasteiger partial charge is 0.491 e. The summed E-state index contributed by atoms with van der Waals surface area (Å²) in [6.07, 6.45) is 0. The number of ether oxygens (including phenoxy) is 1. The van der Waals surface area contributed by atoms with Crippen molar-refractivity contribution in [2.45, 2.75) is 13.0 Å². The molecule has 3 aromatic rings. The standard InChI is InChI=1S/C17H17FN4O2/c1-11(10-24-14-6-4-13(18)5-7-14)19-17(23)12-3-8-15-16(9-12)22(2)21-20-15/h3-9,11H,10H2,1-2H3,(H,19,23)/t11-/m0/s1. The number of nitrogens with zero attached hydrogens (tertiary/aromatic N) is 3. The van der Waals surface area contributed by atoms with Gasteiger partial charge in [0, 0.05) is 12.6 Å². The minimum absolute atomic E-state index is 0.201. The summed E-state index contributed by atoms with van der Waals surface area (Å²) in [5.74, 6) is 0.0388. The van der Waals surface area contributed by atoms with Gasteiger partial charge in [-0.05, 0) is 49.4 Å². The third kappa shape index (κ3) is 3.51. The molecule has 0 unspecified atom stereocenters. The first-order chi connectivity index (χ1) is 11.5. The summed E-state index contributed by atoms with van der Waals surface area (Å²) in [5, 5.41) is 10.8. The fourth-order valence-electron chi connectivity index (χ4n) is 2.27. The van der Waals surface area contributed by atoms with Crippen LogP contribution in [0.1, 0.15) is 17.3 Å². The topological polar surface area (TPSA) is 69.0 Å². The van der Waals surface area contributed by atoms with Crippen LogP contribution in [0.2, 0.25) is 0 Å². The number of benzene rings is 2. The van der Waals surface area contributed by atoms with E-state index in [2.05, 4.69) is 15.6 Å². The minimum Gasteiger partial charge on any atom is -0.491 e. The molecule has 24 heavy (non-hydrogen) atoms. The lowest BCUT2D eigenvalue weighted by atomic mass is 10.1. The first kappa shape index (κ1) is 15.9. The first-order valence-electron chi connectivity index (χ1n) is 7.51. The number of amides is 1. The highest BCUT2D eigenvalue weighted by Crippen LogP contribution is 2.13. The van der Waals surface area contributed by atoms with Crippen molar-refractivity contribution < 1.29 is 13.9 Å². The molecule has 7 heteroatoms. The van der Waals surface area contributed by atoms with Crippen LogP contribution in [0.15, 0.2) is 42.5 Å². The molecule has 3 rings (SSSR count). The summed E-state index contributed by atoms with van der Waals surface area (Å²) in [7, 11) is 1.77. The molecular formula is C17H17FN4O2. The number of fused-ring (bicyclic) bond motifs is 1. The van der Waals surface area contributed by atoms with Crippen LogP contribution < -0.4 is 10.1 Å². The number of hydrogen-bond donors (Lipinski definition) is 1. The third-order valence-corrected chi connectivity index (χ3v) is 3.56. The van der Waals surface area contributed by atoms with E-state index in [0.29, 0.717) is 11.3 Å². The molecule has 0 radical (unpaired) electrons. The molecule has 6 nitrogen and oxygen atoms in total. The number of carbonyl (C=O) groups excluding carboxylic acids is 1. The molecule has 1 amide bonds. The summed E-state index contributed by atoms with van der Waals surface area (Å²) in [6.45, 7) is 2.12. The number of carbonyl (C=O) groups is 1. The third-order valence-electron chi connectivity index (χ3n) is 3.56. The van der Waals surface area contributed by atoms with Crippen LogP contribution >= 0.6 is 0 Å². The van der Waals surface area contributed by atoms with E-state index in [9.17, 15) is 9.18 Å². The van der Waals surface area contributed by atoms with Crippen LogP contribution in [0.25, 0.3) is 11.0 Å². The Balaban J connectivity index is 1.60. The van der Waals surface area contributed by atoms with E-state index < -0.39 is 0 Å². The summed E-state index contributed by atoms with van der Waals surface area (Å²) < 4.78 is 20.0. The molecule has 1 heterocycles. The van der Waals surface area contributed by atoms with Gasteiger partial charge in [0.2, 0.25) is 0 Å². The molecule has 0 bridgehead atoms. The van der Waals surface area contributed by atoms with E-state index >= 15 is 0 Å². The van der Waals surface area contributed by atoms with Crippen LogP contribution in [-0.4, -0.2) is 33.5 Å². The number of halogens is 1. The molecule has 124 valence electrons. The Morgan fingerprint density at radius 2 is 2.04 bits per heavy atom. The maximum absolute atomic E-state index is 12.8. The fraction of sp³-hybridized carbons (Fsp3) is 0.235. The maximum atomic E-state index is 12.8. The molecule has 2 aromatic carbocycles. The Labute approximate surface area is 138 Å². The van der Waals surface area contributed by atoms with E-state index in [1.807, 2.05) is 6.92 Å². The van der Waals surface area contributed by atoms with Gasteiger partial charge in [0.25, 0.3) is 5.91 Å². The molecule has 0 spiro atoms. The second-order valence-electron chi connectivity index (χ2n) is 5.56. The highest BCUT2D eigenvalue weighted by atomic mass is 19.1. The Bertz CT molecular complexity index is 861.